The third kappa shape index (κ3) is 3.13. The molecule has 2 N–H and O–H groups in total. The highest BCUT2D eigenvalue weighted by Gasteiger charge is 2.32. The average molecular weight is 378 g/mol. The molecule has 2 amide bonds. The molecule has 3 aromatic rings. The lowest BCUT2D eigenvalue weighted by Crippen LogP contribution is -2.46. The number of carbonyl (C=O) groups is 1. The molecule has 2 atom stereocenters. The second-order valence-electron chi connectivity index (χ2n) is 7.17. The number of aromatic nitrogens is 2. The summed E-state index contributed by atoms with van der Waals surface area (Å²) in [5, 5.41) is 3.00. The molecule has 0 bridgehead atoms. The van der Waals surface area contributed by atoms with Crippen molar-refractivity contribution < 1.29 is 14.3 Å². The molecule has 2 aliphatic rings. The van der Waals surface area contributed by atoms with Crippen LogP contribution in [0.4, 0.5) is 4.79 Å². The summed E-state index contributed by atoms with van der Waals surface area (Å²) >= 11 is 0. The van der Waals surface area contributed by atoms with Crippen LogP contribution in [-0.2, 0) is 0 Å². The van der Waals surface area contributed by atoms with E-state index in [9.17, 15) is 4.79 Å². The van der Waals surface area contributed by atoms with Gasteiger partial charge in [-0.25, -0.2) is 9.78 Å². The van der Waals surface area contributed by atoms with Crippen LogP contribution in [0.15, 0.2) is 48.5 Å². The highest BCUT2D eigenvalue weighted by Crippen LogP contribution is 2.32. The number of aromatic amines is 1. The van der Waals surface area contributed by atoms with E-state index in [1.54, 1.807) is 0 Å². The molecular weight excluding hydrogens is 356 g/mol. The van der Waals surface area contributed by atoms with Gasteiger partial charge in [0.15, 0.2) is 17.6 Å². The number of fused-ring (bicyclic) bond motifs is 2. The van der Waals surface area contributed by atoms with Gasteiger partial charge in [-0.15, -0.1) is 0 Å². The van der Waals surface area contributed by atoms with Crippen LogP contribution in [-0.4, -0.2) is 46.7 Å². The normalized spacial score (nSPS) is 21.1. The van der Waals surface area contributed by atoms with Crippen molar-refractivity contribution in [3.05, 3.63) is 54.4 Å². The molecule has 2 aliphatic heterocycles. The van der Waals surface area contributed by atoms with E-state index < -0.39 is 0 Å². The Morgan fingerprint density at radius 1 is 1.18 bits per heavy atom. The monoisotopic (exact) mass is 378 g/mol. The van der Waals surface area contributed by atoms with Crippen molar-refractivity contribution in [2.45, 2.75) is 25.0 Å². The highest BCUT2D eigenvalue weighted by atomic mass is 16.6. The van der Waals surface area contributed by atoms with Gasteiger partial charge < -0.3 is 24.7 Å². The molecule has 2 aromatic carbocycles. The van der Waals surface area contributed by atoms with Crippen LogP contribution >= 0.6 is 0 Å². The van der Waals surface area contributed by atoms with Gasteiger partial charge in [-0.3, -0.25) is 0 Å². The molecular formula is C21H22N4O3. The Morgan fingerprint density at radius 2 is 2.00 bits per heavy atom. The lowest BCUT2D eigenvalue weighted by atomic mass is 10.2. The van der Waals surface area contributed by atoms with E-state index in [1.807, 2.05) is 53.4 Å². The number of rotatable bonds is 3. The average Bonchev–Trinajstić information content (AvgIpc) is 3.38. The van der Waals surface area contributed by atoms with Gasteiger partial charge in [0.1, 0.15) is 12.4 Å². The number of para-hydroxylation sites is 4. The first-order valence-corrected chi connectivity index (χ1v) is 9.65. The number of hydrogen-bond donors (Lipinski definition) is 2. The summed E-state index contributed by atoms with van der Waals surface area (Å²) < 4.78 is 11.6. The Bertz CT molecular complexity index is 969. The van der Waals surface area contributed by atoms with Gasteiger partial charge in [0.05, 0.1) is 23.6 Å². The van der Waals surface area contributed by atoms with Crippen molar-refractivity contribution >= 4 is 17.1 Å². The topological polar surface area (TPSA) is 79.5 Å². The number of ether oxygens (including phenoxy) is 2. The first-order valence-electron chi connectivity index (χ1n) is 9.65. The predicted molar refractivity (Wildman–Crippen MR) is 105 cm³/mol. The second-order valence-corrected chi connectivity index (χ2v) is 7.17. The van der Waals surface area contributed by atoms with Crippen molar-refractivity contribution in [1.29, 1.82) is 0 Å². The number of nitrogens with one attached hydrogen (secondary N) is 2. The minimum Gasteiger partial charge on any atom is -0.486 e. The van der Waals surface area contributed by atoms with E-state index >= 15 is 0 Å². The number of benzene rings is 2. The van der Waals surface area contributed by atoms with E-state index in [-0.39, 0.29) is 18.2 Å². The molecule has 7 nitrogen and oxygen atoms in total. The maximum absolute atomic E-state index is 12.8. The summed E-state index contributed by atoms with van der Waals surface area (Å²) in [5.74, 6) is 2.31. The number of carbonyl (C=O) groups excluding carboxylic acids is 1. The Hall–Kier alpha value is -3.22. The number of urea groups is 1. The number of hydrogen-bond acceptors (Lipinski definition) is 4. The van der Waals surface area contributed by atoms with Gasteiger partial charge >= 0.3 is 6.03 Å². The van der Waals surface area contributed by atoms with Crippen LogP contribution in [0.2, 0.25) is 0 Å². The zero-order chi connectivity index (χ0) is 18.9. The van der Waals surface area contributed by atoms with Gasteiger partial charge in [-0.1, -0.05) is 24.3 Å². The van der Waals surface area contributed by atoms with Gasteiger partial charge in [0.2, 0.25) is 0 Å². The van der Waals surface area contributed by atoms with Crippen LogP contribution in [0.5, 0.6) is 11.5 Å². The van der Waals surface area contributed by atoms with Crippen molar-refractivity contribution in [3.63, 3.8) is 0 Å². The largest absolute Gasteiger partial charge is 0.486 e. The number of amides is 2. The first kappa shape index (κ1) is 16.9. The van der Waals surface area contributed by atoms with E-state index in [4.69, 9.17) is 9.47 Å². The van der Waals surface area contributed by atoms with Crippen molar-refractivity contribution in [1.82, 2.24) is 20.2 Å². The molecule has 3 heterocycles. The molecule has 1 fully saturated rings. The summed E-state index contributed by atoms with van der Waals surface area (Å²) in [6.07, 6.45) is 1.67. The Kier molecular flexibility index (Phi) is 4.27. The fourth-order valence-electron chi connectivity index (χ4n) is 3.89. The van der Waals surface area contributed by atoms with Crippen LogP contribution in [0, 0.1) is 0 Å². The maximum atomic E-state index is 12.8. The Labute approximate surface area is 162 Å². The van der Waals surface area contributed by atoms with Crippen LogP contribution in [0.1, 0.15) is 24.7 Å². The first-order chi connectivity index (χ1) is 13.8. The van der Waals surface area contributed by atoms with Gasteiger partial charge in [0.25, 0.3) is 0 Å². The van der Waals surface area contributed by atoms with Gasteiger partial charge in [-0.05, 0) is 37.1 Å². The molecule has 5 rings (SSSR count). The van der Waals surface area contributed by atoms with Gasteiger partial charge in [-0.2, -0.15) is 0 Å². The number of likely N-dealkylation sites (tertiary alicyclic amines) is 1. The zero-order valence-electron chi connectivity index (χ0n) is 15.4. The van der Waals surface area contributed by atoms with Gasteiger partial charge in [0, 0.05) is 6.54 Å². The van der Waals surface area contributed by atoms with E-state index in [1.165, 1.54) is 0 Å². The third-order valence-electron chi connectivity index (χ3n) is 5.29. The number of imidazole rings is 1. The minimum absolute atomic E-state index is 0.0309. The smallest absolute Gasteiger partial charge is 0.318 e. The Balaban J connectivity index is 1.23. The standard InChI is InChI=1S/C21H22N4O3/c26-21(22-12-14-13-27-18-9-3-4-10-19(18)28-14)25-11-5-8-17(25)20-23-15-6-1-2-7-16(15)24-20/h1-4,6-7,9-10,14,17H,5,8,11-13H2,(H,22,26)(H,23,24). The lowest BCUT2D eigenvalue weighted by Gasteiger charge is -2.28. The molecule has 1 aromatic heterocycles. The molecule has 0 aliphatic carbocycles. The number of H-pyrrole nitrogens is 1. The second kappa shape index (κ2) is 7.07. The maximum Gasteiger partial charge on any atom is 0.318 e. The lowest BCUT2D eigenvalue weighted by molar-refractivity contribution is 0.0898. The third-order valence-corrected chi connectivity index (χ3v) is 5.29. The molecule has 1 saturated heterocycles. The highest BCUT2D eigenvalue weighted by molar-refractivity contribution is 5.77. The molecule has 0 saturated carbocycles. The summed E-state index contributed by atoms with van der Waals surface area (Å²) in [6.45, 7) is 1.54. The molecule has 144 valence electrons. The van der Waals surface area contributed by atoms with Crippen molar-refractivity contribution in [3.8, 4) is 11.5 Å². The molecule has 7 heteroatoms. The summed E-state index contributed by atoms with van der Waals surface area (Å²) in [4.78, 5) is 22.7. The van der Waals surface area contributed by atoms with Crippen molar-refractivity contribution in [2.24, 2.45) is 0 Å². The predicted octanol–water partition coefficient (Wildman–Crippen LogP) is 3.25. The molecule has 28 heavy (non-hydrogen) atoms. The quantitative estimate of drug-likeness (QED) is 0.733. The summed E-state index contributed by atoms with van der Waals surface area (Å²) in [6, 6.07) is 15.4. The summed E-state index contributed by atoms with van der Waals surface area (Å²) in [5.41, 5.74) is 1.92. The van der Waals surface area contributed by atoms with Crippen LogP contribution in [0.3, 0.4) is 0 Å². The number of nitrogens with zero attached hydrogens (tertiary/aromatic N) is 2. The Morgan fingerprint density at radius 3 is 2.89 bits per heavy atom. The van der Waals surface area contributed by atoms with Crippen LogP contribution < -0.4 is 14.8 Å². The van der Waals surface area contributed by atoms with E-state index in [0.717, 1.165) is 42.0 Å². The minimum atomic E-state index is -0.203. The molecule has 0 spiro atoms. The van der Waals surface area contributed by atoms with E-state index in [0.29, 0.717) is 18.9 Å². The fourth-order valence-corrected chi connectivity index (χ4v) is 3.89. The SMILES string of the molecule is O=C(NCC1COc2ccccc2O1)N1CCCC1c1nc2ccccc2[nH]1. The molecule has 0 radical (unpaired) electrons. The van der Waals surface area contributed by atoms with E-state index in [2.05, 4.69) is 15.3 Å². The van der Waals surface area contributed by atoms with Crippen LogP contribution in [0.25, 0.3) is 11.0 Å². The van der Waals surface area contributed by atoms with Crippen molar-refractivity contribution in [2.75, 3.05) is 19.7 Å². The fraction of sp³-hybridized carbons (Fsp3) is 0.333. The molecule has 2 unspecified atom stereocenters. The summed E-state index contributed by atoms with van der Waals surface area (Å²) in [7, 11) is 0. The zero-order valence-corrected chi connectivity index (χ0v) is 15.4.